The number of unbranched alkanes of at least 4 members (excludes halogenated alkanes) is 10. The number of amides is 1. The highest BCUT2D eigenvalue weighted by atomic mass is 16.5. The average molecular weight is 366 g/mol. The van der Waals surface area contributed by atoms with Gasteiger partial charge in [0.25, 0.3) is 0 Å². The fraction of sp³-hybridized carbons (Fsp3) is 0.727. The summed E-state index contributed by atoms with van der Waals surface area (Å²) in [6.07, 6.45) is 22.5. The largest absolute Gasteiger partial charge is 0.463 e. The van der Waals surface area contributed by atoms with Crippen LogP contribution in [0.2, 0.25) is 0 Å². The second-order valence-electron chi connectivity index (χ2n) is 6.89. The van der Waals surface area contributed by atoms with Gasteiger partial charge in [-0.1, -0.05) is 89.0 Å². The molecule has 1 amide bonds. The Morgan fingerprint density at radius 3 is 2.00 bits per heavy atom. The molecule has 0 heterocycles. The molecule has 0 aliphatic heterocycles. The summed E-state index contributed by atoms with van der Waals surface area (Å²) in [4.78, 5) is 22.0. The summed E-state index contributed by atoms with van der Waals surface area (Å²) in [6, 6.07) is -0.279. The van der Waals surface area contributed by atoms with E-state index in [1.54, 1.807) is 0 Å². The standard InChI is InChI=1S/C22H39NO3/c1-4-5-6-7-8-9-10-11-12-13-14-15-16-17-18-22(23-20(2)24)19-26-21(3)25/h15-18,22H,4-14,19H2,1-3H3,(H,23,24)/b16-15-,18-17+/t22-/m1/s1. The van der Waals surface area contributed by atoms with E-state index in [2.05, 4.69) is 18.3 Å². The van der Waals surface area contributed by atoms with Crippen molar-refractivity contribution in [2.45, 2.75) is 97.4 Å². The van der Waals surface area contributed by atoms with E-state index >= 15 is 0 Å². The maximum absolute atomic E-state index is 11.1. The Bertz CT molecular complexity index is 416. The summed E-state index contributed by atoms with van der Waals surface area (Å²) >= 11 is 0. The molecule has 0 radical (unpaired) electrons. The van der Waals surface area contributed by atoms with E-state index in [0.717, 1.165) is 6.42 Å². The van der Waals surface area contributed by atoms with Crippen LogP contribution in [0.25, 0.3) is 0 Å². The van der Waals surface area contributed by atoms with Crippen molar-refractivity contribution >= 4 is 11.9 Å². The Labute approximate surface area is 160 Å². The number of carbonyl (C=O) groups excluding carboxylic acids is 2. The third-order valence-corrected chi connectivity index (χ3v) is 4.17. The lowest BCUT2D eigenvalue weighted by Crippen LogP contribution is -2.35. The molecule has 0 aliphatic carbocycles. The molecule has 0 saturated heterocycles. The van der Waals surface area contributed by atoms with Gasteiger partial charge in [-0.2, -0.15) is 0 Å². The molecule has 1 N–H and O–H groups in total. The first-order valence-corrected chi connectivity index (χ1v) is 10.3. The number of nitrogens with one attached hydrogen (secondary N) is 1. The van der Waals surface area contributed by atoms with Crippen molar-refractivity contribution in [2.24, 2.45) is 0 Å². The summed E-state index contributed by atoms with van der Waals surface area (Å²) in [6.45, 7) is 5.24. The van der Waals surface area contributed by atoms with Gasteiger partial charge in [0.15, 0.2) is 0 Å². The molecule has 26 heavy (non-hydrogen) atoms. The third-order valence-electron chi connectivity index (χ3n) is 4.17. The number of carbonyl (C=O) groups is 2. The van der Waals surface area contributed by atoms with E-state index in [1.165, 1.54) is 78.1 Å². The summed E-state index contributed by atoms with van der Waals surface area (Å²) in [5, 5.41) is 2.75. The minimum atomic E-state index is -0.342. The molecule has 0 spiro atoms. The van der Waals surface area contributed by atoms with Crippen molar-refractivity contribution in [3.8, 4) is 0 Å². The molecule has 0 aromatic rings. The predicted molar refractivity (Wildman–Crippen MR) is 109 cm³/mol. The highest BCUT2D eigenvalue weighted by molar-refractivity contribution is 5.73. The van der Waals surface area contributed by atoms with Gasteiger partial charge in [0.1, 0.15) is 6.61 Å². The van der Waals surface area contributed by atoms with E-state index in [0.29, 0.717) is 0 Å². The highest BCUT2D eigenvalue weighted by Gasteiger charge is 2.07. The van der Waals surface area contributed by atoms with Gasteiger partial charge >= 0.3 is 5.97 Å². The first-order chi connectivity index (χ1) is 12.6. The molecule has 0 aromatic heterocycles. The molecular weight excluding hydrogens is 326 g/mol. The Morgan fingerprint density at radius 2 is 1.46 bits per heavy atom. The van der Waals surface area contributed by atoms with Crippen LogP contribution in [0.5, 0.6) is 0 Å². The molecule has 1 atom stereocenters. The minimum absolute atomic E-state index is 0.138. The molecule has 0 aromatic carbocycles. The maximum Gasteiger partial charge on any atom is 0.302 e. The van der Waals surface area contributed by atoms with E-state index in [-0.39, 0.29) is 24.5 Å². The van der Waals surface area contributed by atoms with Gasteiger partial charge in [0, 0.05) is 13.8 Å². The fourth-order valence-corrected chi connectivity index (χ4v) is 2.74. The molecule has 0 unspecified atom stereocenters. The van der Waals surface area contributed by atoms with Crippen LogP contribution >= 0.6 is 0 Å². The first-order valence-electron chi connectivity index (χ1n) is 10.3. The zero-order valence-electron chi connectivity index (χ0n) is 17.1. The molecule has 0 aliphatic rings. The van der Waals surface area contributed by atoms with E-state index in [4.69, 9.17) is 4.74 Å². The van der Waals surface area contributed by atoms with Crippen molar-refractivity contribution in [1.82, 2.24) is 5.32 Å². The molecule has 0 bridgehead atoms. The number of hydrogen-bond acceptors (Lipinski definition) is 3. The fourth-order valence-electron chi connectivity index (χ4n) is 2.74. The van der Waals surface area contributed by atoms with Crippen LogP contribution in [0.4, 0.5) is 0 Å². The van der Waals surface area contributed by atoms with Gasteiger partial charge < -0.3 is 10.1 Å². The second kappa shape index (κ2) is 18.2. The minimum Gasteiger partial charge on any atom is -0.463 e. The molecule has 0 fully saturated rings. The Morgan fingerprint density at radius 1 is 0.885 bits per heavy atom. The lowest BCUT2D eigenvalue weighted by atomic mass is 10.1. The third kappa shape index (κ3) is 18.8. The lowest BCUT2D eigenvalue weighted by Gasteiger charge is -2.12. The summed E-state index contributed by atoms with van der Waals surface area (Å²) in [7, 11) is 0. The smallest absolute Gasteiger partial charge is 0.302 e. The first kappa shape index (κ1) is 24.4. The van der Waals surface area contributed by atoms with Crippen molar-refractivity contribution in [3.05, 3.63) is 24.3 Å². The Kier molecular flexibility index (Phi) is 17.1. The summed E-state index contributed by atoms with van der Waals surface area (Å²) in [5.41, 5.74) is 0. The monoisotopic (exact) mass is 365 g/mol. The zero-order valence-corrected chi connectivity index (χ0v) is 17.1. The van der Waals surface area contributed by atoms with Crippen molar-refractivity contribution in [3.63, 3.8) is 0 Å². The van der Waals surface area contributed by atoms with Crippen LogP contribution in [0.1, 0.15) is 91.4 Å². The van der Waals surface area contributed by atoms with Crippen molar-refractivity contribution in [2.75, 3.05) is 6.61 Å². The van der Waals surface area contributed by atoms with Crippen LogP contribution < -0.4 is 5.32 Å². The molecular formula is C22H39NO3. The van der Waals surface area contributed by atoms with Gasteiger partial charge in [-0.25, -0.2) is 0 Å². The molecule has 0 rings (SSSR count). The molecule has 0 saturated carbocycles. The predicted octanol–water partition coefficient (Wildman–Crippen LogP) is 5.48. The number of ether oxygens (including phenoxy) is 1. The summed E-state index contributed by atoms with van der Waals surface area (Å²) < 4.78 is 4.95. The average Bonchev–Trinajstić information content (AvgIpc) is 2.59. The van der Waals surface area contributed by atoms with Gasteiger partial charge in [0.05, 0.1) is 6.04 Å². The zero-order chi connectivity index (χ0) is 19.5. The van der Waals surface area contributed by atoms with Gasteiger partial charge in [-0.05, 0) is 12.8 Å². The number of hydrogen-bond donors (Lipinski definition) is 1. The number of allylic oxidation sites excluding steroid dienone is 3. The Hall–Kier alpha value is -1.58. The van der Waals surface area contributed by atoms with Crippen LogP contribution in [0.15, 0.2) is 24.3 Å². The topological polar surface area (TPSA) is 55.4 Å². The van der Waals surface area contributed by atoms with Crippen LogP contribution in [-0.2, 0) is 14.3 Å². The van der Waals surface area contributed by atoms with E-state index in [1.807, 2.05) is 18.2 Å². The van der Waals surface area contributed by atoms with E-state index in [9.17, 15) is 9.59 Å². The van der Waals surface area contributed by atoms with Gasteiger partial charge in [-0.3, -0.25) is 9.59 Å². The van der Waals surface area contributed by atoms with Crippen LogP contribution in [0, 0.1) is 0 Å². The summed E-state index contributed by atoms with van der Waals surface area (Å²) in [5.74, 6) is -0.480. The van der Waals surface area contributed by atoms with Gasteiger partial charge in [-0.15, -0.1) is 0 Å². The quantitative estimate of drug-likeness (QED) is 0.224. The van der Waals surface area contributed by atoms with Crippen LogP contribution in [0.3, 0.4) is 0 Å². The second-order valence-corrected chi connectivity index (χ2v) is 6.89. The van der Waals surface area contributed by atoms with Crippen molar-refractivity contribution < 1.29 is 14.3 Å². The van der Waals surface area contributed by atoms with Gasteiger partial charge in [0.2, 0.25) is 5.91 Å². The maximum atomic E-state index is 11.1. The number of rotatable bonds is 16. The van der Waals surface area contributed by atoms with Crippen molar-refractivity contribution in [1.29, 1.82) is 0 Å². The highest BCUT2D eigenvalue weighted by Crippen LogP contribution is 2.11. The normalized spacial score (nSPS) is 12.6. The number of esters is 1. The Balaban J connectivity index is 3.68. The molecule has 4 nitrogen and oxygen atoms in total. The SMILES string of the molecule is CCCCCCCCCCCC/C=C\C=C\[C@H](COC(C)=O)NC(C)=O. The molecule has 4 heteroatoms. The molecule has 150 valence electrons. The van der Waals surface area contributed by atoms with Crippen LogP contribution in [-0.4, -0.2) is 24.5 Å². The lowest BCUT2D eigenvalue weighted by molar-refractivity contribution is -0.141. The van der Waals surface area contributed by atoms with E-state index < -0.39 is 0 Å².